The van der Waals surface area contributed by atoms with Crippen LogP contribution in [-0.4, -0.2) is 31.6 Å². The van der Waals surface area contributed by atoms with Gasteiger partial charge in [0.2, 0.25) is 0 Å². The van der Waals surface area contributed by atoms with Crippen LogP contribution in [0.2, 0.25) is 0 Å². The maximum atomic E-state index is 10.7. The third-order valence-electron chi connectivity index (χ3n) is 2.30. The molecule has 2 aliphatic heterocycles. The topological polar surface area (TPSA) is 44.8 Å². The molecule has 0 spiro atoms. The van der Waals surface area contributed by atoms with Crippen LogP contribution in [-0.2, 0) is 19.0 Å². The van der Waals surface area contributed by atoms with Crippen LogP contribution in [0.15, 0.2) is 0 Å². The molecule has 0 radical (unpaired) electrons. The van der Waals surface area contributed by atoms with Crippen LogP contribution in [0.1, 0.15) is 13.3 Å². The predicted molar refractivity (Wildman–Crippen MR) is 39.4 cm³/mol. The van der Waals surface area contributed by atoms with Crippen molar-refractivity contribution >= 4 is 5.97 Å². The van der Waals surface area contributed by atoms with Gasteiger partial charge in [0.05, 0.1) is 19.1 Å². The first-order chi connectivity index (χ1) is 5.77. The van der Waals surface area contributed by atoms with Gasteiger partial charge in [-0.15, -0.1) is 0 Å². The van der Waals surface area contributed by atoms with Crippen molar-refractivity contribution in [3.05, 3.63) is 0 Å². The lowest BCUT2D eigenvalue weighted by Crippen LogP contribution is -2.25. The molecule has 0 aromatic carbocycles. The van der Waals surface area contributed by atoms with Crippen molar-refractivity contribution in [1.29, 1.82) is 0 Å². The van der Waals surface area contributed by atoms with E-state index in [1.165, 1.54) is 6.92 Å². The number of hydrogen-bond acceptors (Lipinski definition) is 4. The van der Waals surface area contributed by atoms with Crippen LogP contribution in [0.4, 0.5) is 0 Å². The van der Waals surface area contributed by atoms with Crippen LogP contribution < -0.4 is 0 Å². The Kier molecular flexibility index (Phi) is 2.02. The number of ether oxygens (including phenoxy) is 3. The molecule has 4 nitrogen and oxygen atoms in total. The van der Waals surface area contributed by atoms with E-state index in [1.807, 2.05) is 0 Å². The molecule has 0 aliphatic carbocycles. The minimum atomic E-state index is -0.240. The van der Waals surface area contributed by atoms with Gasteiger partial charge in [-0.3, -0.25) is 4.79 Å². The van der Waals surface area contributed by atoms with Gasteiger partial charge in [-0.25, -0.2) is 0 Å². The third-order valence-corrected chi connectivity index (χ3v) is 2.30. The molecule has 0 amide bonds. The number of hydrogen-bond donors (Lipinski definition) is 0. The summed E-state index contributed by atoms with van der Waals surface area (Å²) in [6.45, 7) is 2.62. The second kappa shape index (κ2) is 3.03. The number of carbonyl (C=O) groups excluding carboxylic acids is 1. The van der Waals surface area contributed by atoms with E-state index in [1.54, 1.807) is 0 Å². The summed E-state index contributed by atoms with van der Waals surface area (Å²) in [6, 6.07) is 0. The summed E-state index contributed by atoms with van der Waals surface area (Å²) in [5.41, 5.74) is 0. The molecule has 0 bridgehead atoms. The highest BCUT2D eigenvalue weighted by atomic mass is 16.7. The Labute approximate surface area is 70.8 Å². The minimum absolute atomic E-state index is 0.0880. The van der Waals surface area contributed by atoms with Crippen LogP contribution in [0.25, 0.3) is 0 Å². The zero-order valence-corrected chi connectivity index (χ0v) is 6.99. The predicted octanol–water partition coefficient (Wildman–Crippen LogP) is 0.311. The molecule has 2 rings (SSSR count). The van der Waals surface area contributed by atoms with Gasteiger partial charge < -0.3 is 14.2 Å². The maximum absolute atomic E-state index is 10.7. The van der Waals surface area contributed by atoms with Gasteiger partial charge in [0.25, 0.3) is 0 Å². The summed E-state index contributed by atoms with van der Waals surface area (Å²) in [7, 11) is 0. The second-order valence-electron chi connectivity index (χ2n) is 3.17. The lowest BCUT2D eigenvalue weighted by Gasteiger charge is -2.13. The molecule has 3 atom stereocenters. The Bertz CT molecular complexity index is 191. The van der Waals surface area contributed by atoms with E-state index in [0.717, 1.165) is 6.42 Å². The van der Waals surface area contributed by atoms with Crippen LogP contribution >= 0.6 is 0 Å². The molecule has 2 saturated heterocycles. The standard InChI is InChI=1S/C8H12O4/c1-5(9)12-7-4-11-8-6(7)2-3-10-8/h6-8H,2-4H2,1H3/t6-,7-,8+/m0/s1. The van der Waals surface area contributed by atoms with Gasteiger partial charge in [0.1, 0.15) is 6.10 Å². The van der Waals surface area contributed by atoms with E-state index >= 15 is 0 Å². The fraction of sp³-hybridized carbons (Fsp3) is 0.875. The average Bonchev–Trinajstić information content (AvgIpc) is 2.52. The van der Waals surface area contributed by atoms with Crippen molar-refractivity contribution in [3.63, 3.8) is 0 Å². The largest absolute Gasteiger partial charge is 0.460 e. The monoisotopic (exact) mass is 172 g/mol. The molecule has 0 unspecified atom stereocenters. The summed E-state index contributed by atoms with van der Waals surface area (Å²) < 4.78 is 15.6. The van der Waals surface area contributed by atoms with Crippen LogP contribution in [0, 0.1) is 5.92 Å². The summed E-state index contributed by atoms with van der Waals surface area (Å²) in [4.78, 5) is 10.7. The van der Waals surface area contributed by atoms with E-state index in [9.17, 15) is 4.79 Å². The molecule has 0 saturated carbocycles. The third kappa shape index (κ3) is 1.32. The molecule has 2 heterocycles. The van der Waals surface area contributed by atoms with E-state index in [0.29, 0.717) is 13.2 Å². The van der Waals surface area contributed by atoms with Gasteiger partial charge in [0, 0.05) is 6.92 Å². The summed E-state index contributed by atoms with van der Waals surface area (Å²) in [6.07, 6.45) is 0.715. The smallest absolute Gasteiger partial charge is 0.302 e. The van der Waals surface area contributed by atoms with Crippen molar-refractivity contribution in [2.75, 3.05) is 13.2 Å². The fourth-order valence-corrected chi connectivity index (χ4v) is 1.76. The van der Waals surface area contributed by atoms with Gasteiger partial charge in [-0.2, -0.15) is 0 Å². The van der Waals surface area contributed by atoms with Gasteiger partial charge in [-0.05, 0) is 6.42 Å². The van der Waals surface area contributed by atoms with Crippen molar-refractivity contribution in [2.45, 2.75) is 25.7 Å². The quantitative estimate of drug-likeness (QED) is 0.534. The van der Waals surface area contributed by atoms with E-state index < -0.39 is 0 Å². The van der Waals surface area contributed by atoms with Gasteiger partial charge >= 0.3 is 5.97 Å². The molecule has 12 heavy (non-hydrogen) atoms. The van der Waals surface area contributed by atoms with E-state index in [4.69, 9.17) is 14.2 Å². The van der Waals surface area contributed by atoms with Gasteiger partial charge in [0.15, 0.2) is 6.29 Å². The number of rotatable bonds is 1. The van der Waals surface area contributed by atoms with Crippen molar-refractivity contribution in [2.24, 2.45) is 5.92 Å². The molecule has 68 valence electrons. The highest BCUT2D eigenvalue weighted by Crippen LogP contribution is 2.32. The normalized spacial score (nSPS) is 39.6. The van der Waals surface area contributed by atoms with E-state index in [-0.39, 0.29) is 24.3 Å². The van der Waals surface area contributed by atoms with Crippen LogP contribution in [0.3, 0.4) is 0 Å². The Hall–Kier alpha value is -0.610. The molecule has 2 fully saturated rings. The summed E-state index contributed by atoms with van der Waals surface area (Å²) in [5, 5.41) is 0. The summed E-state index contributed by atoms with van der Waals surface area (Å²) >= 11 is 0. The molecule has 0 aromatic rings. The SMILES string of the molecule is CC(=O)O[C@H]1CO[C@H]2OCC[C@H]21. The van der Waals surface area contributed by atoms with Crippen molar-refractivity contribution in [1.82, 2.24) is 0 Å². The molecule has 0 aromatic heterocycles. The molecular formula is C8H12O4. The first kappa shape index (κ1) is 8.01. The Balaban J connectivity index is 1.95. The number of carbonyl (C=O) groups is 1. The Morgan fingerprint density at radius 1 is 1.50 bits per heavy atom. The van der Waals surface area contributed by atoms with Crippen molar-refractivity contribution in [3.8, 4) is 0 Å². The lowest BCUT2D eigenvalue weighted by atomic mass is 10.0. The van der Waals surface area contributed by atoms with E-state index in [2.05, 4.69) is 0 Å². The number of fused-ring (bicyclic) bond motifs is 1. The molecule has 2 aliphatic rings. The molecule has 0 N–H and O–H groups in total. The fourth-order valence-electron chi connectivity index (χ4n) is 1.76. The highest BCUT2D eigenvalue weighted by Gasteiger charge is 2.43. The van der Waals surface area contributed by atoms with Crippen LogP contribution in [0.5, 0.6) is 0 Å². The maximum Gasteiger partial charge on any atom is 0.302 e. The first-order valence-electron chi connectivity index (χ1n) is 4.18. The minimum Gasteiger partial charge on any atom is -0.460 e. The zero-order valence-electron chi connectivity index (χ0n) is 6.99. The Morgan fingerprint density at radius 2 is 2.33 bits per heavy atom. The average molecular weight is 172 g/mol. The molecular weight excluding hydrogens is 160 g/mol. The summed E-state index contributed by atoms with van der Waals surface area (Å²) in [5.74, 6) is 0.0186. The molecule has 4 heteroatoms. The second-order valence-corrected chi connectivity index (χ2v) is 3.17. The Morgan fingerprint density at radius 3 is 3.08 bits per heavy atom. The first-order valence-corrected chi connectivity index (χ1v) is 4.18. The zero-order chi connectivity index (χ0) is 8.55. The van der Waals surface area contributed by atoms with Gasteiger partial charge in [-0.1, -0.05) is 0 Å². The van der Waals surface area contributed by atoms with Crippen molar-refractivity contribution < 1.29 is 19.0 Å². The number of esters is 1. The highest BCUT2D eigenvalue weighted by molar-refractivity contribution is 5.66. The lowest BCUT2D eigenvalue weighted by molar-refractivity contribution is -0.147.